The molecular weight excluding hydrogens is 306 g/mol. The Hall–Kier alpha value is -1.44. The lowest BCUT2D eigenvalue weighted by atomic mass is 10.4. The standard InChI is InChI=1S/C14H17N3O2S2/c1-12-11-15-14(20-12)16-7-9-17(10-8-16)21(18,19)13-5-3-2-4-6-13/h2-6,11H,7-10H2,1H3. The van der Waals surface area contributed by atoms with E-state index in [4.69, 9.17) is 0 Å². The van der Waals surface area contributed by atoms with E-state index in [1.165, 1.54) is 4.88 Å². The van der Waals surface area contributed by atoms with E-state index in [2.05, 4.69) is 9.88 Å². The van der Waals surface area contributed by atoms with Crippen molar-refractivity contribution in [3.8, 4) is 0 Å². The van der Waals surface area contributed by atoms with E-state index in [1.54, 1.807) is 39.9 Å². The van der Waals surface area contributed by atoms with E-state index in [-0.39, 0.29) is 0 Å². The topological polar surface area (TPSA) is 53.5 Å². The highest BCUT2D eigenvalue weighted by Crippen LogP contribution is 2.24. The van der Waals surface area contributed by atoms with Crippen molar-refractivity contribution in [3.05, 3.63) is 41.4 Å². The minimum atomic E-state index is -3.37. The van der Waals surface area contributed by atoms with Gasteiger partial charge in [0.25, 0.3) is 0 Å². The molecule has 0 aliphatic carbocycles. The molecule has 5 nitrogen and oxygen atoms in total. The number of benzene rings is 1. The van der Waals surface area contributed by atoms with Gasteiger partial charge < -0.3 is 4.90 Å². The number of hydrogen-bond donors (Lipinski definition) is 0. The summed E-state index contributed by atoms with van der Waals surface area (Å²) < 4.78 is 26.6. The smallest absolute Gasteiger partial charge is 0.243 e. The van der Waals surface area contributed by atoms with Crippen LogP contribution in [0.3, 0.4) is 0 Å². The van der Waals surface area contributed by atoms with Gasteiger partial charge in [0.15, 0.2) is 5.13 Å². The van der Waals surface area contributed by atoms with Gasteiger partial charge in [0.1, 0.15) is 0 Å². The van der Waals surface area contributed by atoms with Gasteiger partial charge in [-0.1, -0.05) is 18.2 Å². The van der Waals surface area contributed by atoms with Crippen LogP contribution in [-0.4, -0.2) is 43.9 Å². The molecule has 0 bridgehead atoms. The number of rotatable bonds is 3. The predicted molar refractivity (Wildman–Crippen MR) is 84.3 cm³/mol. The van der Waals surface area contributed by atoms with Crippen LogP contribution in [0.25, 0.3) is 0 Å². The van der Waals surface area contributed by atoms with Crippen LogP contribution in [0.2, 0.25) is 0 Å². The maximum atomic E-state index is 12.5. The van der Waals surface area contributed by atoms with Gasteiger partial charge in [-0.15, -0.1) is 11.3 Å². The molecule has 0 saturated carbocycles. The third-order valence-corrected chi connectivity index (χ3v) is 6.39. The molecule has 1 aliphatic rings. The number of piperazine rings is 1. The minimum Gasteiger partial charge on any atom is -0.345 e. The average molecular weight is 323 g/mol. The first-order valence-electron chi connectivity index (χ1n) is 6.80. The molecule has 0 radical (unpaired) electrons. The zero-order valence-corrected chi connectivity index (χ0v) is 13.4. The van der Waals surface area contributed by atoms with Gasteiger partial charge in [0, 0.05) is 37.3 Å². The molecule has 0 amide bonds. The van der Waals surface area contributed by atoms with Crippen LogP contribution in [0, 0.1) is 6.92 Å². The molecule has 1 saturated heterocycles. The van der Waals surface area contributed by atoms with Gasteiger partial charge in [-0.2, -0.15) is 4.31 Å². The van der Waals surface area contributed by atoms with E-state index in [9.17, 15) is 8.42 Å². The maximum absolute atomic E-state index is 12.5. The summed E-state index contributed by atoms with van der Waals surface area (Å²) in [4.78, 5) is 8.04. The van der Waals surface area contributed by atoms with Crippen molar-refractivity contribution in [1.82, 2.24) is 9.29 Å². The van der Waals surface area contributed by atoms with Crippen molar-refractivity contribution in [2.24, 2.45) is 0 Å². The maximum Gasteiger partial charge on any atom is 0.243 e. The van der Waals surface area contributed by atoms with Gasteiger partial charge in [-0.05, 0) is 19.1 Å². The second-order valence-electron chi connectivity index (χ2n) is 4.96. The fourth-order valence-corrected chi connectivity index (χ4v) is 4.60. The molecule has 0 spiro atoms. The Balaban J connectivity index is 1.71. The highest BCUT2D eigenvalue weighted by molar-refractivity contribution is 7.89. The molecule has 0 atom stereocenters. The van der Waals surface area contributed by atoms with Crippen molar-refractivity contribution in [1.29, 1.82) is 0 Å². The summed E-state index contributed by atoms with van der Waals surface area (Å²) in [6.45, 7) is 4.38. The first kappa shape index (κ1) is 14.5. The van der Waals surface area contributed by atoms with Gasteiger partial charge in [0.2, 0.25) is 10.0 Å². The SMILES string of the molecule is Cc1cnc(N2CCN(S(=O)(=O)c3ccccc3)CC2)s1. The number of thiazole rings is 1. The number of nitrogens with zero attached hydrogens (tertiary/aromatic N) is 3. The average Bonchev–Trinajstić information content (AvgIpc) is 2.95. The highest BCUT2D eigenvalue weighted by Gasteiger charge is 2.28. The van der Waals surface area contributed by atoms with Gasteiger partial charge in [-0.25, -0.2) is 13.4 Å². The fraction of sp³-hybridized carbons (Fsp3) is 0.357. The molecule has 1 aromatic heterocycles. The van der Waals surface area contributed by atoms with Crippen LogP contribution >= 0.6 is 11.3 Å². The van der Waals surface area contributed by atoms with Crippen molar-refractivity contribution < 1.29 is 8.42 Å². The van der Waals surface area contributed by atoms with Crippen LogP contribution in [-0.2, 0) is 10.0 Å². The Bertz CT molecular complexity index is 705. The van der Waals surface area contributed by atoms with Crippen molar-refractivity contribution in [2.75, 3.05) is 31.1 Å². The number of aryl methyl sites for hydroxylation is 1. The van der Waals surface area contributed by atoms with Crippen molar-refractivity contribution >= 4 is 26.5 Å². The lowest BCUT2D eigenvalue weighted by molar-refractivity contribution is 0.385. The molecule has 2 heterocycles. The Morgan fingerprint density at radius 1 is 1.10 bits per heavy atom. The van der Waals surface area contributed by atoms with Crippen LogP contribution in [0.15, 0.2) is 41.4 Å². The first-order chi connectivity index (χ1) is 10.1. The largest absolute Gasteiger partial charge is 0.345 e. The van der Waals surface area contributed by atoms with E-state index < -0.39 is 10.0 Å². The molecule has 1 aliphatic heterocycles. The van der Waals surface area contributed by atoms with Gasteiger partial charge in [0.05, 0.1) is 4.90 Å². The Kier molecular flexibility index (Phi) is 3.97. The van der Waals surface area contributed by atoms with Crippen LogP contribution < -0.4 is 4.90 Å². The molecular formula is C14H17N3O2S2. The summed E-state index contributed by atoms with van der Waals surface area (Å²) in [6, 6.07) is 8.61. The molecule has 7 heteroatoms. The summed E-state index contributed by atoms with van der Waals surface area (Å²) >= 11 is 1.65. The molecule has 21 heavy (non-hydrogen) atoms. The van der Waals surface area contributed by atoms with E-state index in [0.717, 1.165) is 5.13 Å². The third kappa shape index (κ3) is 2.95. The van der Waals surface area contributed by atoms with Crippen molar-refractivity contribution in [2.45, 2.75) is 11.8 Å². The second kappa shape index (κ2) is 5.75. The van der Waals surface area contributed by atoms with Gasteiger partial charge >= 0.3 is 0 Å². The lowest BCUT2D eigenvalue weighted by Crippen LogP contribution is -2.48. The summed E-state index contributed by atoms with van der Waals surface area (Å²) in [6.07, 6.45) is 1.85. The summed E-state index contributed by atoms with van der Waals surface area (Å²) in [5, 5.41) is 0.976. The number of anilines is 1. The molecule has 3 rings (SSSR count). The zero-order chi connectivity index (χ0) is 14.9. The first-order valence-corrected chi connectivity index (χ1v) is 9.05. The number of hydrogen-bond acceptors (Lipinski definition) is 5. The van der Waals surface area contributed by atoms with Crippen molar-refractivity contribution in [3.63, 3.8) is 0 Å². The predicted octanol–water partition coefficient (Wildman–Crippen LogP) is 1.96. The molecule has 2 aromatic rings. The monoisotopic (exact) mass is 323 g/mol. The normalized spacial score (nSPS) is 17.1. The fourth-order valence-electron chi connectivity index (χ4n) is 2.35. The molecule has 112 valence electrons. The third-order valence-electron chi connectivity index (χ3n) is 3.50. The Morgan fingerprint density at radius 3 is 2.33 bits per heavy atom. The summed E-state index contributed by atoms with van der Waals surface area (Å²) in [5.41, 5.74) is 0. The number of sulfonamides is 1. The van der Waals surface area contributed by atoms with Gasteiger partial charge in [-0.3, -0.25) is 0 Å². The Morgan fingerprint density at radius 2 is 1.76 bits per heavy atom. The van der Waals surface area contributed by atoms with Crippen LogP contribution in [0.1, 0.15) is 4.88 Å². The summed E-state index contributed by atoms with van der Waals surface area (Å²) in [7, 11) is -3.37. The highest BCUT2D eigenvalue weighted by atomic mass is 32.2. The van der Waals surface area contributed by atoms with E-state index >= 15 is 0 Å². The van der Waals surface area contributed by atoms with E-state index in [1.807, 2.05) is 19.2 Å². The zero-order valence-electron chi connectivity index (χ0n) is 11.8. The summed E-state index contributed by atoms with van der Waals surface area (Å²) in [5.74, 6) is 0. The van der Waals surface area contributed by atoms with E-state index in [0.29, 0.717) is 31.1 Å². The number of aromatic nitrogens is 1. The lowest BCUT2D eigenvalue weighted by Gasteiger charge is -2.33. The molecule has 0 N–H and O–H groups in total. The molecule has 0 unspecified atom stereocenters. The second-order valence-corrected chi connectivity index (χ2v) is 8.11. The quantitative estimate of drug-likeness (QED) is 0.866. The van der Waals surface area contributed by atoms with Crippen LogP contribution in [0.4, 0.5) is 5.13 Å². The minimum absolute atomic E-state index is 0.364. The Labute approximate surface area is 128 Å². The molecule has 1 fully saturated rings. The molecule has 1 aromatic carbocycles. The van der Waals surface area contributed by atoms with Crippen LogP contribution in [0.5, 0.6) is 0 Å².